The van der Waals surface area contributed by atoms with Crippen LogP contribution in [0.5, 0.6) is 0 Å². The van der Waals surface area contributed by atoms with E-state index in [9.17, 15) is 4.79 Å². The van der Waals surface area contributed by atoms with Crippen molar-refractivity contribution < 1.29 is 4.79 Å². The van der Waals surface area contributed by atoms with E-state index >= 15 is 0 Å². The standard InChI is InChI=1S/C21H23BrN4O/c22-17-8-9-18-19(13-17)25-21(24-18)26-12-4-7-16(14-26)20(27)23-11-10-15-5-2-1-3-6-15/h1-3,5-6,8-9,13,16H,4,7,10-12,14H2,(H,23,27)(H,24,25). The van der Waals surface area contributed by atoms with E-state index in [1.54, 1.807) is 0 Å². The number of amides is 1. The Morgan fingerprint density at radius 2 is 2.11 bits per heavy atom. The predicted octanol–water partition coefficient (Wildman–Crippen LogP) is 3.90. The van der Waals surface area contributed by atoms with Crippen molar-refractivity contribution in [2.24, 2.45) is 5.92 Å². The van der Waals surface area contributed by atoms with Gasteiger partial charge in [0.05, 0.1) is 17.0 Å². The molecular weight excluding hydrogens is 404 g/mol. The number of nitrogens with one attached hydrogen (secondary N) is 2. The van der Waals surface area contributed by atoms with Crippen LogP contribution in [-0.2, 0) is 11.2 Å². The third kappa shape index (κ3) is 4.33. The number of imidazole rings is 1. The Bertz CT molecular complexity index is 924. The second kappa shape index (κ2) is 8.13. The second-order valence-electron chi connectivity index (χ2n) is 7.03. The number of carbonyl (C=O) groups is 1. The van der Waals surface area contributed by atoms with E-state index in [1.165, 1.54) is 5.56 Å². The first-order valence-corrected chi connectivity index (χ1v) is 10.2. The zero-order valence-electron chi connectivity index (χ0n) is 15.1. The monoisotopic (exact) mass is 426 g/mol. The smallest absolute Gasteiger partial charge is 0.224 e. The van der Waals surface area contributed by atoms with E-state index in [4.69, 9.17) is 4.98 Å². The number of H-pyrrole nitrogens is 1. The SMILES string of the molecule is O=C(NCCc1ccccc1)C1CCCN(c2nc3ccc(Br)cc3[nH]2)C1. The number of carbonyl (C=O) groups excluding carboxylic acids is 1. The summed E-state index contributed by atoms with van der Waals surface area (Å²) in [7, 11) is 0. The Hall–Kier alpha value is -2.34. The number of rotatable bonds is 5. The maximum atomic E-state index is 12.6. The number of aromatic amines is 1. The molecule has 2 aromatic carbocycles. The molecule has 1 fully saturated rings. The highest BCUT2D eigenvalue weighted by molar-refractivity contribution is 9.10. The molecule has 5 nitrogen and oxygen atoms in total. The lowest BCUT2D eigenvalue weighted by Crippen LogP contribution is -2.43. The Balaban J connectivity index is 1.36. The molecule has 1 atom stereocenters. The second-order valence-corrected chi connectivity index (χ2v) is 7.95. The van der Waals surface area contributed by atoms with Gasteiger partial charge >= 0.3 is 0 Å². The van der Waals surface area contributed by atoms with E-state index in [1.807, 2.05) is 36.4 Å². The van der Waals surface area contributed by atoms with Crippen molar-refractivity contribution in [3.05, 3.63) is 58.6 Å². The summed E-state index contributed by atoms with van der Waals surface area (Å²) in [5, 5.41) is 3.10. The minimum Gasteiger partial charge on any atom is -0.355 e. The third-order valence-corrected chi connectivity index (χ3v) is 5.57. The fourth-order valence-corrected chi connectivity index (χ4v) is 3.98. The van der Waals surface area contributed by atoms with Crippen LogP contribution in [0.2, 0.25) is 0 Å². The van der Waals surface area contributed by atoms with Gasteiger partial charge in [0.15, 0.2) is 0 Å². The van der Waals surface area contributed by atoms with Gasteiger partial charge in [-0.15, -0.1) is 0 Å². The van der Waals surface area contributed by atoms with Crippen molar-refractivity contribution in [2.75, 3.05) is 24.5 Å². The highest BCUT2D eigenvalue weighted by Crippen LogP contribution is 2.25. The van der Waals surface area contributed by atoms with Gasteiger partial charge in [-0.3, -0.25) is 4.79 Å². The summed E-state index contributed by atoms with van der Waals surface area (Å²) < 4.78 is 1.03. The molecule has 6 heteroatoms. The number of piperidine rings is 1. The highest BCUT2D eigenvalue weighted by Gasteiger charge is 2.27. The molecule has 1 saturated heterocycles. The topological polar surface area (TPSA) is 61.0 Å². The summed E-state index contributed by atoms with van der Waals surface area (Å²) in [4.78, 5) is 22.9. The molecule has 3 aromatic rings. The third-order valence-electron chi connectivity index (χ3n) is 5.08. The van der Waals surface area contributed by atoms with Crippen molar-refractivity contribution in [3.8, 4) is 0 Å². The molecule has 2 heterocycles. The van der Waals surface area contributed by atoms with Gasteiger partial charge < -0.3 is 15.2 Å². The summed E-state index contributed by atoms with van der Waals surface area (Å²) in [5.74, 6) is 1.01. The van der Waals surface area contributed by atoms with Crippen molar-refractivity contribution in [3.63, 3.8) is 0 Å². The maximum absolute atomic E-state index is 12.6. The molecule has 1 amide bonds. The van der Waals surface area contributed by atoms with Crippen molar-refractivity contribution in [2.45, 2.75) is 19.3 Å². The number of nitrogens with zero attached hydrogens (tertiary/aromatic N) is 2. The average Bonchev–Trinajstić information content (AvgIpc) is 3.12. The lowest BCUT2D eigenvalue weighted by molar-refractivity contribution is -0.125. The van der Waals surface area contributed by atoms with Gasteiger partial charge in [-0.25, -0.2) is 4.98 Å². The van der Waals surface area contributed by atoms with Crippen LogP contribution in [0.15, 0.2) is 53.0 Å². The minimum absolute atomic E-state index is 0.00877. The van der Waals surface area contributed by atoms with Gasteiger partial charge in [-0.1, -0.05) is 46.3 Å². The predicted molar refractivity (Wildman–Crippen MR) is 112 cm³/mol. The van der Waals surface area contributed by atoms with Crippen LogP contribution >= 0.6 is 15.9 Å². The first kappa shape index (κ1) is 18.0. The van der Waals surface area contributed by atoms with Crippen LogP contribution in [-0.4, -0.2) is 35.5 Å². The highest BCUT2D eigenvalue weighted by atomic mass is 79.9. The molecule has 0 radical (unpaired) electrons. The largest absolute Gasteiger partial charge is 0.355 e. The van der Waals surface area contributed by atoms with Gasteiger partial charge in [-0.2, -0.15) is 0 Å². The molecule has 0 aliphatic carbocycles. The lowest BCUT2D eigenvalue weighted by atomic mass is 9.97. The van der Waals surface area contributed by atoms with Crippen molar-refractivity contribution in [1.29, 1.82) is 0 Å². The fourth-order valence-electron chi connectivity index (χ4n) is 3.62. The van der Waals surface area contributed by atoms with E-state index in [0.29, 0.717) is 13.1 Å². The molecule has 0 bridgehead atoms. The number of fused-ring (bicyclic) bond motifs is 1. The number of halogens is 1. The molecule has 4 rings (SSSR count). The zero-order chi connectivity index (χ0) is 18.6. The molecule has 1 aromatic heterocycles. The molecule has 27 heavy (non-hydrogen) atoms. The van der Waals surface area contributed by atoms with Gasteiger partial charge in [0, 0.05) is 24.1 Å². The minimum atomic E-state index is 0.00877. The zero-order valence-corrected chi connectivity index (χ0v) is 16.7. The first-order chi connectivity index (χ1) is 13.2. The molecule has 0 saturated carbocycles. The fraction of sp³-hybridized carbons (Fsp3) is 0.333. The van der Waals surface area contributed by atoms with Gasteiger partial charge in [0.2, 0.25) is 11.9 Å². The molecule has 140 valence electrons. The molecular formula is C21H23BrN4O. The Morgan fingerprint density at radius 1 is 1.26 bits per heavy atom. The number of benzene rings is 2. The van der Waals surface area contributed by atoms with Gasteiger partial charge in [-0.05, 0) is 43.0 Å². The first-order valence-electron chi connectivity index (χ1n) is 9.41. The van der Waals surface area contributed by atoms with Crippen LogP contribution in [0.25, 0.3) is 11.0 Å². The van der Waals surface area contributed by atoms with Gasteiger partial charge in [0.25, 0.3) is 0 Å². The number of hydrogen-bond acceptors (Lipinski definition) is 3. The molecule has 0 spiro atoms. The van der Waals surface area contributed by atoms with Crippen molar-refractivity contribution >= 4 is 38.8 Å². The normalized spacial score (nSPS) is 17.2. The Labute approximate surface area is 167 Å². The summed E-state index contributed by atoms with van der Waals surface area (Å²) in [6.07, 6.45) is 2.79. The average molecular weight is 427 g/mol. The number of anilines is 1. The van der Waals surface area contributed by atoms with Crippen LogP contribution in [0.4, 0.5) is 5.95 Å². The van der Waals surface area contributed by atoms with Crippen LogP contribution in [0.1, 0.15) is 18.4 Å². The molecule has 1 aliphatic heterocycles. The van der Waals surface area contributed by atoms with E-state index < -0.39 is 0 Å². The lowest BCUT2D eigenvalue weighted by Gasteiger charge is -2.31. The summed E-state index contributed by atoms with van der Waals surface area (Å²) >= 11 is 3.49. The van der Waals surface area contributed by atoms with Crippen molar-refractivity contribution in [1.82, 2.24) is 15.3 Å². The van der Waals surface area contributed by atoms with Gasteiger partial charge in [0.1, 0.15) is 0 Å². The summed E-state index contributed by atoms with van der Waals surface area (Å²) in [5.41, 5.74) is 3.20. The van der Waals surface area contributed by atoms with E-state index in [-0.39, 0.29) is 11.8 Å². The summed E-state index contributed by atoms with van der Waals surface area (Å²) in [6, 6.07) is 16.3. The molecule has 1 aliphatic rings. The molecule has 1 unspecified atom stereocenters. The summed E-state index contributed by atoms with van der Waals surface area (Å²) in [6.45, 7) is 2.31. The Kier molecular flexibility index (Phi) is 5.43. The van der Waals surface area contributed by atoms with Crippen LogP contribution in [0, 0.1) is 5.92 Å². The van der Waals surface area contributed by atoms with E-state index in [2.05, 4.69) is 43.3 Å². The number of aromatic nitrogens is 2. The van der Waals surface area contributed by atoms with E-state index in [0.717, 1.165) is 47.3 Å². The van der Waals surface area contributed by atoms with Crippen LogP contribution in [0.3, 0.4) is 0 Å². The maximum Gasteiger partial charge on any atom is 0.224 e. The Morgan fingerprint density at radius 3 is 2.96 bits per heavy atom. The quantitative estimate of drug-likeness (QED) is 0.650. The molecule has 2 N–H and O–H groups in total. The number of hydrogen-bond donors (Lipinski definition) is 2. The van der Waals surface area contributed by atoms with Crippen LogP contribution < -0.4 is 10.2 Å².